The first-order valence-corrected chi connectivity index (χ1v) is 7.83. The van der Waals surface area contributed by atoms with Gasteiger partial charge in [0.05, 0.1) is 19.8 Å². The summed E-state index contributed by atoms with van der Waals surface area (Å²) in [5.74, 6) is -0.0616. The van der Waals surface area contributed by atoms with Gasteiger partial charge in [-0.3, -0.25) is 4.79 Å². The lowest BCUT2D eigenvalue weighted by Gasteiger charge is -2.28. The first kappa shape index (κ1) is 15.4. The number of rotatable bonds is 5. The molecule has 0 aromatic heterocycles. The highest BCUT2D eigenvalue weighted by molar-refractivity contribution is 5.93. The van der Waals surface area contributed by atoms with Gasteiger partial charge in [0.15, 0.2) is 0 Å². The SMILES string of the molecule is O=C(CNc1ccc(N2CCOCC2)cc1)Nc1ccccc1. The minimum absolute atomic E-state index is 0.0616. The zero-order valence-corrected chi connectivity index (χ0v) is 13.0. The topological polar surface area (TPSA) is 53.6 Å². The average molecular weight is 311 g/mol. The number of benzene rings is 2. The smallest absolute Gasteiger partial charge is 0.243 e. The summed E-state index contributed by atoms with van der Waals surface area (Å²) in [6.45, 7) is 3.64. The van der Waals surface area contributed by atoms with Crippen LogP contribution in [0.2, 0.25) is 0 Å². The zero-order valence-electron chi connectivity index (χ0n) is 13.0. The highest BCUT2D eigenvalue weighted by Gasteiger charge is 2.10. The molecular weight excluding hydrogens is 290 g/mol. The van der Waals surface area contributed by atoms with Crippen LogP contribution >= 0.6 is 0 Å². The number of carbonyl (C=O) groups excluding carboxylic acids is 1. The Labute approximate surface area is 136 Å². The summed E-state index contributed by atoms with van der Waals surface area (Å²) in [7, 11) is 0. The second kappa shape index (κ2) is 7.65. The Morgan fingerprint density at radius 1 is 0.957 bits per heavy atom. The molecule has 1 amide bonds. The van der Waals surface area contributed by atoms with Crippen LogP contribution in [0.4, 0.5) is 17.1 Å². The van der Waals surface area contributed by atoms with E-state index in [0.29, 0.717) is 0 Å². The largest absolute Gasteiger partial charge is 0.378 e. The minimum atomic E-state index is -0.0616. The predicted octanol–water partition coefficient (Wildman–Crippen LogP) is 2.57. The van der Waals surface area contributed by atoms with Crippen LogP contribution < -0.4 is 15.5 Å². The molecule has 1 fully saturated rings. The van der Waals surface area contributed by atoms with Crippen molar-refractivity contribution in [2.45, 2.75) is 0 Å². The first-order chi connectivity index (χ1) is 11.3. The van der Waals surface area contributed by atoms with Crippen molar-refractivity contribution in [1.82, 2.24) is 0 Å². The summed E-state index contributed by atoms with van der Waals surface area (Å²) in [6, 6.07) is 17.6. The Morgan fingerprint density at radius 2 is 1.65 bits per heavy atom. The van der Waals surface area contributed by atoms with Crippen LogP contribution in [0.25, 0.3) is 0 Å². The molecule has 5 heteroatoms. The Kier molecular flexibility index (Phi) is 5.11. The van der Waals surface area contributed by atoms with Crippen molar-refractivity contribution in [3.05, 3.63) is 54.6 Å². The van der Waals surface area contributed by atoms with Crippen LogP contribution in [0, 0.1) is 0 Å². The van der Waals surface area contributed by atoms with E-state index in [-0.39, 0.29) is 12.5 Å². The number of nitrogens with zero attached hydrogens (tertiary/aromatic N) is 1. The molecule has 1 aliphatic heterocycles. The van der Waals surface area contributed by atoms with Crippen LogP contribution in [0.15, 0.2) is 54.6 Å². The van der Waals surface area contributed by atoms with Gasteiger partial charge in [-0.15, -0.1) is 0 Å². The van der Waals surface area contributed by atoms with Crippen molar-refractivity contribution in [2.75, 3.05) is 48.4 Å². The summed E-state index contributed by atoms with van der Waals surface area (Å²) in [5.41, 5.74) is 2.93. The first-order valence-electron chi connectivity index (χ1n) is 7.83. The van der Waals surface area contributed by atoms with Crippen LogP contribution in [-0.4, -0.2) is 38.8 Å². The molecule has 23 heavy (non-hydrogen) atoms. The fraction of sp³-hybridized carbons (Fsp3) is 0.278. The molecule has 2 aromatic carbocycles. The standard InChI is InChI=1S/C18H21N3O2/c22-18(20-16-4-2-1-3-5-16)14-19-15-6-8-17(9-7-15)21-10-12-23-13-11-21/h1-9,19H,10-14H2,(H,20,22). The highest BCUT2D eigenvalue weighted by atomic mass is 16.5. The molecule has 2 aromatic rings. The van der Waals surface area contributed by atoms with E-state index in [9.17, 15) is 4.79 Å². The lowest BCUT2D eigenvalue weighted by atomic mass is 10.2. The monoisotopic (exact) mass is 311 g/mol. The van der Waals surface area contributed by atoms with Gasteiger partial charge in [0, 0.05) is 30.2 Å². The third-order valence-corrected chi connectivity index (χ3v) is 3.75. The number of morpholine rings is 1. The Balaban J connectivity index is 1.49. The van der Waals surface area contributed by atoms with E-state index < -0.39 is 0 Å². The molecule has 3 rings (SSSR count). The molecule has 1 saturated heterocycles. The molecule has 0 radical (unpaired) electrons. The van der Waals surface area contributed by atoms with Gasteiger partial charge < -0.3 is 20.3 Å². The van der Waals surface area contributed by atoms with Gasteiger partial charge in [-0.25, -0.2) is 0 Å². The fourth-order valence-electron chi connectivity index (χ4n) is 2.52. The van der Waals surface area contributed by atoms with E-state index in [4.69, 9.17) is 4.74 Å². The van der Waals surface area contributed by atoms with Crippen molar-refractivity contribution >= 4 is 23.0 Å². The molecule has 0 saturated carbocycles. The Morgan fingerprint density at radius 3 is 2.35 bits per heavy atom. The normalized spacial score (nSPS) is 14.3. The van der Waals surface area contributed by atoms with Gasteiger partial charge >= 0.3 is 0 Å². The van der Waals surface area contributed by atoms with Crippen molar-refractivity contribution in [1.29, 1.82) is 0 Å². The fourth-order valence-corrected chi connectivity index (χ4v) is 2.52. The van der Waals surface area contributed by atoms with Crippen LogP contribution in [0.1, 0.15) is 0 Å². The summed E-state index contributed by atoms with van der Waals surface area (Å²) in [4.78, 5) is 14.2. The second-order valence-corrected chi connectivity index (χ2v) is 5.41. The number of hydrogen-bond donors (Lipinski definition) is 2. The van der Waals surface area contributed by atoms with E-state index in [1.54, 1.807) is 0 Å². The quantitative estimate of drug-likeness (QED) is 0.891. The molecule has 5 nitrogen and oxygen atoms in total. The summed E-state index contributed by atoms with van der Waals surface area (Å²) >= 11 is 0. The highest BCUT2D eigenvalue weighted by Crippen LogP contribution is 2.18. The van der Waals surface area contributed by atoms with E-state index in [1.807, 2.05) is 42.5 Å². The maximum atomic E-state index is 11.9. The molecule has 0 spiro atoms. The van der Waals surface area contributed by atoms with Crippen LogP contribution in [-0.2, 0) is 9.53 Å². The van der Waals surface area contributed by atoms with Gasteiger partial charge in [0.25, 0.3) is 0 Å². The lowest BCUT2D eigenvalue weighted by molar-refractivity contribution is -0.114. The van der Waals surface area contributed by atoms with Crippen LogP contribution in [0.3, 0.4) is 0 Å². The number of nitrogens with one attached hydrogen (secondary N) is 2. The number of para-hydroxylation sites is 1. The molecule has 1 aliphatic rings. The molecule has 0 bridgehead atoms. The number of amides is 1. The summed E-state index contributed by atoms with van der Waals surface area (Å²) in [5, 5.41) is 5.99. The maximum Gasteiger partial charge on any atom is 0.243 e. The van der Waals surface area contributed by atoms with Gasteiger partial charge in [0.2, 0.25) is 5.91 Å². The van der Waals surface area contributed by atoms with Crippen LogP contribution in [0.5, 0.6) is 0 Å². The Bertz CT molecular complexity index is 622. The molecule has 0 aliphatic carbocycles. The number of carbonyl (C=O) groups is 1. The van der Waals surface area contributed by atoms with E-state index in [1.165, 1.54) is 5.69 Å². The van der Waals surface area contributed by atoms with Gasteiger partial charge in [0.1, 0.15) is 0 Å². The van der Waals surface area contributed by atoms with E-state index >= 15 is 0 Å². The van der Waals surface area contributed by atoms with Gasteiger partial charge in [-0.05, 0) is 36.4 Å². The predicted molar refractivity (Wildman–Crippen MR) is 93.0 cm³/mol. The summed E-state index contributed by atoms with van der Waals surface area (Å²) in [6.07, 6.45) is 0. The molecule has 0 atom stereocenters. The Hall–Kier alpha value is -2.53. The number of hydrogen-bond acceptors (Lipinski definition) is 4. The molecule has 2 N–H and O–H groups in total. The average Bonchev–Trinajstić information content (AvgIpc) is 2.62. The minimum Gasteiger partial charge on any atom is -0.378 e. The maximum absolute atomic E-state index is 11.9. The molecular formula is C18H21N3O2. The van der Waals surface area contributed by atoms with E-state index in [0.717, 1.165) is 37.7 Å². The third-order valence-electron chi connectivity index (χ3n) is 3.75. The second-order valence-electron chi connectivity index (χ2n) is 5.41. The number of ether oxygens (including phenoxy) is 1. The van der Waals surface area contributed by atoms with Crippen molar-refractivity contribution in [2.24, 2.45) is 0 Å². The van der Waals surface area contributed by atoms with Crippen molar-refractivity contribution in [3.63, 3.8) is 0 Å². The summed E-state index contributed by atoms with van der Waals surface area (Å²) < 4.78 is 5.36. The van der Waals surface area contributed by atoms with Crippen molar-refractivity contribution in [3.8, 4) is 0 Å². The molecule has 120 valence electrons. The molecule has 0 unspecified atom stereocenters. The van der Waals surface area contributed by atoms with Crippen molar-refractivity contribution < 1.29 is 9.53 Å². The van der Waals surface area contributed by atoms with E-state index in [2.05, 4.69) is 27.7 Å². The third kappa shape index (κ3) is 4.47. The van der Waals surface area contributed by atoms with Gasteiger partial charge in [-0.2, -0.15) is 0 Å². The molecule has 1 heterocycles. The lowest BCUT2D eigenvalue weighted by Crippen LogP contribution is -2.36. The zero-order chi connectivity index (χ0) is 15.9. The van der Waals surface area contributed by atoms with Gasteiger partial charge in [-0.1, -0.05) is 18.2 Å². The number of anilines is 3.